The highest BCUT2D eigenvalue weighted by Gasteiger charge is 2.80. The van der Waals surface area contributed by atoms with Gasteiger partial charge in [-0.15, -0.1) is 0 Å². The lowest BCUT2D eigenvalue weighted by Gasteiger charge is -2.37. The molecule has 43 heavy (non-hydrogen) atoms. The fraction of sp³-hybridized carbons (Fsp3) is 0.559. The number of carbonyl (C=O) groups excluding carboxylic acids is 3. The average molecular weight is 592 g/mol. The lowest BCUT2D eigenvalue weighted by atomic mass is 9.62. The van der Waals surface area contributed by atoms with Crippen molar-refractivity contribution in [2.75, 3.05) is 25.1 Å². The van der Waals surface area contributed by atoms with E-state index in [2.05, 4.69) is 17.6 Å². The van der Waals surface area contributed by atoms with Crippen molar-refractivity contribution in [2.45, 2.75) is 83.1 Å². The number of amides is 3. The number of carbonyl (C=O) groups is 3. The van der Waals surface area contributed by atoms with Crippen molar-refractivity contribution >= 4 is 23.4 Å². The third-order valence-electron chi connectivity index (χ3n) is 9.71. The first-order valence-electron chi connectivity index (χ1n) is 15.7. The van der Waals surface area contributed by atoms with Crippen molar-refractivity contribution in [3.63, 3.8) is 0 Å². The molecule has 2 aromatic rings. The quantitative estimate of drug-likeness (QED) is 0.304. The van der Waals surface area contributed by atoms with Gasteiger partial charge in [0.25, 0.3) is 0 Å². The molecule has 3 saturated heterocycles. The van der Waals surface area contributed by atoms with Crippen LogP contribution in [0.3, 0.4) is 0 Å². The van der Waals surface area contributed by atoms with Gasteiger partial charge in [-0.3, -0.25) is 14.4 Å². The third kappa shape index (κ3) is 5.53. The summed E-state index contributed by atoms with van der Waals surface area (Å²) in [5.41, 5.74) is -0.575. The predicted molar refractivity (Wildman–Crippen MR) is 163 cm³/mol. The zero-order chi connectivity index (χ0) is 30.8. The number of benzene rings is 2. The number of aliphatic hydroxyl groups is 1. The number of anilines is 1. The van der Waals surface area contributed by atoms with Crippen molar-refractivity contribution in [3.8, 4) is 5.75 Å². The number of unbranched alkanes of at least 4 members (excludes halogenated alkanes) is 2. The van der Waals surface area contributed by atoms with E-state index < -0.39 is 35.1 Å². The van der Waals surface area contributed by atoms with E-state index in [0.717, 1.165) is 24.8 Å². The number of hydrogen-bond donors (Lipinski definition) is 3. The maximum Gasteiger partial charge on any atom is 0.245 e. The van der Waals surface area contributed by atoms with Gasteiger partial charge in [0.15, 0.2) is 0 Å². The Balaban J connectivity index is 1.50. The summed E-state index contributed by atoms with van der Waals surface area (Å²) in [4.78, 5) is 44.2. The minimum Gasteiger partial charge on any atom is -0.494 e. The van der Waals surface area contributed by atoms with Crippen molar-refractivity contribution in [2.24, 2.45) is 17.8 Å². The molecule has 3 N–H and O–H groups in total. The second-order valence-corrected chi connectivity index (χ2v) is 12.4. The van der Waals surface area contributed by atoms with Crippen LogP contribution in [-0.4, -0.2) is 70.8 Å². The summed E-state index contributed by atoms with van der Waals surface area (Å²) >= 11 is 0. The normalized spacial score (nSPS) is 29.8. The van der Waals surface area contributed by atoms with Crippen LogP contribution in [0.1, 0.15) is 58.9 Å². The molecule has 3 fully saturated rings. The van der Waals surface area contributed by atoms with E-state index in [1.54, 1.807) is 29.2 Å². The van der Waals surface area contributed by atoms with E-state index in [0.29, 0.717) is 37.4 Å². The third-order valence-corrected chi connectivity index (χ3v) is 9.71. The molecule has 232 valence electrons. The fourth-order valence-corrected chi connectivity index (χ4v) is 7.61. The summed E-state index contributed by atoms with van der Waals surface area (Å²) in [6, 6.07) is 15.1. The summed E-state index contributed by atoms with van der Waals surface area (Å²) < 4.78 is 12.4. The molecule has 0 saturated carbocycles. The highest BCUT2D eigenvalue weighted by molar-refractivity contribution is 6.02. The van der Waals surface area contributed by atoms with Crippen LogP contribution >= 0.6 is 0 Å². The first-order chi connectivity index (χ1) is 20.7. The van der Waals surface area contributed by atoms with E-state index in [9.17, 15) is 19.5 Å². The van der Waals surface area contributed by atoms with Gasteiger partial charge in [0.05, 0.1) is 36.7 Å². The van der Waals surface area contributed by atoms with Crippen LogP contribution < -0.4 is 15.4 Å². The molecule has 1 spiro atoms. The van der Waals surface area contributed by atoms with E-state index in [1.165, 1.54) is 0 Å². The second kappa shape index (κ2) is 12.7. The maximum atomic E-state index is 14.5. The molecule has 9 heteroatoms. The molecule has 5 rings (SSSR count). The molecular formula is C34H45N3O6. The smallest absolute Gasteiger partial charge is 0.245 e. The van der Waals surface area contributed by atoms with Crippen molar-refractivity contribution in [1.82, 2.24) is 10.2 Å². The molecular weight excluding hydrogens is 546 g/mol. The van der Waals surface area contributed by atoms with Gasteiger partial charge < -0.3 is 30.1 Å². The zero-order valence-electron chi connectivity index (χ0n) is 25.7. The van der Waals surface area contributed by atoms with Crippen LogP contribution in [0.2, 0.25) is 0 Å². The minimum atomic E-state index is -1.18. The second-order valence-electron chi connectivity index (χ2n) is 12.4. The summed E-state index contributed by atoms with van der Waals surface area (Å²) in [7, 11) is 0. The van der Waals surface area contributed by atoms with Gasteiger partial charge in [-0.25, -0.2) is 0 Å². The van der Waals surface area contributed by atoms with Gasteiger partial charge in [0.2, 0.25) is 17.7 Å². The molecule has 3 heterocycles. The number of fused-ring (bicyclic) bond motifs is 1. The van der Waals surface area contributed by atoms with E-state index >= 15 is 0 Å². The minimum absolute atomic E-state index is 0.0790. The molecule has 7 atom stereocenters. The summed E-state index contributed by atoms with van der Waals surface area (Å²) in [6.07, 6.45) is 3.67. The Hall–Kier alpha value is -3.43. The SMILES string of the molecule is CCCCCNC(=O)C1N([C@@H](CO)Cc2ccccc2)C(=O)[C@@H]2[C@H](C(=O)Nc3ccc(OCC)cc3)[C@@]3(C)OC12CC3C. The highest BCUT2D eigenvalue weighted by atomic mass is 16.5. The lowest BCUT2D eigenvalue weighted by molar-refractivity contribution is -0.149. The molecule has 9 nitrogen and oxygen atoms in total. The standard InChI is InChI=1S/C34H45N3O6/c1-5-7-11-18-35-31(40)29-34-20-22(3)33(4,43-34)27(30(39)36-24-14-16-26(17-15-24)42-6-2)28(34)32(41)37(29)25(21-38)19-23-12-9-8-10-13-23/h8-10,12-17,22,25,27-29,38H,5-7,11,18-21H2,1-4H3,(H,35,40)(H,36,39)/t22?,25-,27-,28+,29?,33+,34?/m1/s1. The molecule has 2 aromatic carbocycles. The van der Waals surface area contributed by atoms with Crippen LogP contribution in [-0.2, 0) is 25.5 Å². The van der Waals surface area contributed by atoms with Gasteiger partial charge >= 0.3 is 0 Å². The van der Waals surface area contributed by atoms with Crippen LogP contribution in [0.5, 0.6) is 5.75 Å². The van der Waals surface area contributed by atoms with E-state index in [-0.39, 0.29) is 30.2 Å². The fourth-order valence-electron chi connectivity index (χ4n) is 7.61. The van der Waals surface area contributed by atoms with Crippen LogP contribution in [0.25, 0.3) is 0 Å². The number of hydrogen-bond acceptors (Lipinski definition) is 6. The molecule has 3 amide bonds. The number of likely N-dealkylation sites (tertiary alicyclic amines) is 1. The molecule has 0 radical (unpaired) electrons. The van der Waals surface area contributed by atoms with Gasteiger partial charge in [-0.05, 0) is 68.9 Å². The highest BCUT2D eigenvalue weighted by Crippen LogP contribution is 2.65. The van der Waals surface area contributed by atoms with Gasteiger partial charge in [-0.1, -0.05) is 57.0 Å². The molecule has 3 aliphatic heterocycles. The van der Waals surface area contributed by atoms with E-state index in [4.69, 9.17) is 9.47 Å². The first-order valence-corrected chi connectivity index (χ1v) is 15.7. The Morgan fingerprint density at radius 3 is 2.47 bits per heavy atom. The van der Waals surface area contributed by atoms with Gasteiger partial charge in [0.1, 0.15) is 17.4 Å². The first kappa shape index (κ1) is 31.0. The summed E-state index contributed by atoms with van der Waals surface area (Å²) in [5.74, 6) is -1.96. The number of nitrogens with zero attached hydrogens (tertiary/aromatic N) is 1. The predicted octanol–water partition coefficient (Wildman–Crippen LogP) is 3.94. The number of aliphatic hydroxyl groups excluding tert-OH is 1. The largest absolute Gasteiger partial charge is 0.494 e. The molecule has 2 bridgehead atoms. The van der Waals surface area contributed by atoms with Gasteiger partial charge in [-0.2, -0.15) is 0 Å². The average Bonchev–Trinajstić information content (AvgIpc) is 3.52. The molecule has 3 unspecified atom stereocenters. The number of nitrogens with one attached hydrogen (secondary N) is 2. The number of ether oxygens (including phenoxy) is 2. The summed E-state index contributed by atoms with van der Waals surface area (Å²) in [6.45, 7) is 8.64. The van der Waals surface area contributed by atoms with Gasteiger partial charge in [0, 0.05) is 12.2 Å². The molecule has 0 aromatic heterocycles. The lowest BCUT2D eigenvalue weighted by Crippen LogP contribution is -2.58. The van der Waals surface area contributed by atoms with Crippen molar-refractivity contribution < 1.29 is 29.0 Å². The Kier molecular flexibility index (Phi) is 9.13. The maximum absolute atomic E-state index is 14.5. The Labute approximate surface area is 254 Å². The Bertz CT molecular complexity index is 1300. The molecule has 0 aliphatic carbocycles. The Morgan fingerprint density at radius 2 is 1.81 bits per heavy atom. The van der Waals surface area contributed by atoms with Crippen LogP contribution in [0, 0.1) is 17.8 Å². The Morgan fingerprint density at radius 1 is 1.09 bits per heavy atom. The summed E-state index contributed by atoms with van der Waals surface area (Å²) in [5, 5.41) is 16.7. The van der Waals surface area contributed by atoms with Crippen molar-refractivity contribution in [3.05, 3.63) is 60.2 Å². The monoisotopic (exact) mass is 591 g/mol. The van der Waals surface area contributed by atoms with E-state index in [1.807, 2.05) is 51.1 Å². The van der Waals surface area contributed by atoms with Crippen LogP contribution in [0.15, 0.2) is 54.6 Å². The molecule has 3 aliphatic rings. The number of rotatable bonds is 13. The topological polar surface area (TPSA) is 117 Å². The zero-order valence-corrected chi connectivity index (χ0v) is 25.7. The van der Waals surface area contributed by atoms with Crippen molar-refractivity contribution in [1.29, 1.82) is 0 Å². The van der Waals surface area contributed by atoms with Crippen LogP contribution in [0.4, 0.5) is 5.69 Å².